The van der Waals surface area contributed by atoms with Crippen LogP contribution in [0.2, 0.25) is 0 Å². The molecule has 3 unspecified atom stereocenters. The van der Waals surface area contributed by atoms with Gasteiger partial charge in [-0.05, 0) is 26.7 Å². The number of carbonyl (C=O) groups excluding carboxylic acids is 2. The standard InChI is InChI=1S/C15H24N2O4/c1-3-17-9-10(8-12(17)18)13(19)16-15(2)7-5-4-6-11(15)14(20)21/h10-11H,3-9H2,1-2H3,(H,16,19)(H,20,21). The van der Waals surface area contributed by atoms with Gasteiger partial charge in [0, 0.05) is 19.5 Å². The van der Waals surface area contributed by atoms with E-state index in [1.165, 1.54) is 0 Å². The highest BCUT2D eigenvalue weighted by atomic mass is 16.4. The summed E-state index contributed by atoms with van der Waals surface area (Å²) in [4.78, 5) is 37.2. The first-order chi connectivity index (χ1) is 9.87. The van der Waals surface area contributed by atoms with Crippen molar-refractivity contribution in [2.24, 2.45) is 11.8 Å². The minimum absolute atomic E-state index is 0.00114. The number of carboxylic acid groups (broad SMARTS) is 1. The maximum Gasteiger partial charge on any atom is 0.308 e. The number of hydrogen-bond acceptors (Lipinski definition) is 3. The van der Waals surface area contributed by atoms with E-state index in [-0.39, 0.29) is 24.2 Å². The first-order valence-corrected chi connectivity index (χ1v) is 7.70. The van der Waals surface area contributed by atoms with Crippen molar-refractivity contribution >= 4 is 17.8 Å². The van der Waals surface area contributed by atoms with Crippen LogP contribution in [0.25, 0.3) is 0 Å². The maximum absolute atomic E-state index is 12.4. The summed E-state index contributed by atoms with van der Waals surface area (Å²) < 4.78 is 0. The van der Waals surface area contributed by atoms with Crippen LogP contribution in [0.4, 0.5) is 0 Å². The molecule has 1 saturated carbocycles. The molecule has 6 heteroatoms. The molecule has 21 heavy (non-hydrogen) atoms. The molecule has 3 atom stereocenters. The van der Waals surface area contributed by atoms with Crippen molar-refractivity contribution in [3.8, 4) is 0 Å². The number of nitrogens with zero attached hydrogens (tertiary/aromatic N) is 1. The fourth-order valence-corrected chi connectivity index (χ4v) is 3.52. The molecule has 2 amide bonds. The highest BCUT2D eigenvalue weighted by Gasteiger charge is 2.44. The Morgan fingerprint density at radius 3 is 2.71 bits per heavy atom. The number of carbonyl (C=O) groups is 3. The van der Waals surface area contributed by atoms with Crippen LogP contribution in [0.5, 0.6) is 0 Å². The van der Waals surface area contributed by atoms with Gasteiger partial charge in [-0.25, -0.2) is 0 Å². The number of amides is 2. The van der Waals surface area contributed by atoms with Gasteiger partial charge in [-0.3, -0.25) is 14.4 Å². The topological polar surface area (TPSA) is 86.7 Å². The first kappa shape index (κ1) is 15.8. The highest BCUT2D eigenvalue weighted by molar-refractivity contribution is 5.90. The molecule has 1 saturated heterocycles. The summed E-state index contributed by atoms with van der Waals surface area (Å²) in [6, 6.07) is 0. The van der Waals surface area contributed by atoms with E-state index in [1.807, 2.05) is 13.8 Å². The van der Waals surface area contributed by atoms with Gasteiger partial charge in [0.25, 0.3) is 0 Å². The molecule has 6 nitrogen and oxygen atoms in total. The third-order valence-corrected chi connectivity index (χ3v) is 4.88. The Labute approximate surface area is 124 Å². The van der Waals surface area contributed by atoms with Crippen molar-refractivity contribution in [3.63, 3.8) is 0 Å². The van der Waals surface area contributed by atoms with Gasteiger partial charge in [0.1, 0.15) is 0 Å². The van der Waals surface area contributed by atoms with E-state index in [9.17, 15) is 19.5 Å². The smallest absolute Gasteiger partial charge is 0.308 e. The first-order valence-electron chi connectivity index (χ1n) is 7.70. The number of aliphatic carboxylic acids is 1. The van der Waals surface area contributed by atoms with E-state index in [0.717, 1.165) is 12.8 Å². The fourth-order valence-electron chi connectivity index (χ4n) is 3.52. The number of hydrogen-bond donors (Lipinski definition) is 2. The molecule has 2 aliphatic rings. The van der Waals surface area contributed by atoms with Gasteiger partial charge < -0.3 is 15.3 Å². The molecule has 118 valence electrons. The van der Waals surface area contributed by atoms with Crippen molar-refractivity contribution in [1.82, 2.24) is 10.2 Å². The average Bonchev–Trinajstić information content (AvgIpc) is 2.79. The molecule has 2 rings (SSSR count). The Morgan fingerprint density at radius 1 is 1.43 bits per heavy atom. The van der Waals surface area contributed by atoms with Crippen LogP contribution < -0.4 is 5.32 Å². The third-order valence-electron chi connectivity index (χ3n) is 4.88. The fraction of sp³-hybridized carbons (Fsp3) is 0.800. The molecule has 1 aliphatic heterocycles. The largest absolute Gasteiger partial charge is 0.481 e. The predicted octanol–water partition coefficient (Wildman–Crippen LogP) is 1.00. The van der Waals surface area contributed by atoms with Crippen molar-refractivity contribution in [2.75, 3.05) is 13.1 Å². The van der Waals surface area contributed by atoms with E-state index in [1.54, 1.807) is 4.90 Å². The summed E-state index contributed by atoms with van der Waals surface area (Å²) in [5.74, 6) is -1.94. The van der Waals surface area contributed by atoms with Crippen LogP contribution in [0.3, 0.4) is 0 Å². The second-order valence-corrected chi connectivity index (χ2v) is 6.38. The molecule has 0 aromatic rings. The van der Waals surface area contributed by atoms with Crippen molar-refractivity contribution in [2.45, 2.75) is 51.5 Å². The van der Waals surface area contributed by atoms with Gasteiger partial charge in [0.05, 0.1) is 17.4 Å². The highest BCUT2D eigenvalue weighted by Crippen LogP contribution is 2.34. The second-order valence-electron chi connectivity index (χ2n) is 6.38. The van der Waals surface area contributed by atoms with Crippen molar-refractivity contribution < 1.29 is 19.5 Å². The van der Waals surface area contributed by atoms with E-state index in [0.29, 0.717) is 25.9 Å². The van der Waals surface area contributed by atoms with Crippen molar-refractivity contribution in [1.29, 1.82) is 0 Å². The summed E-state index contributed by atoms with van der Waals surface area (Å²) in [5.41, 5.74) is -0.705. The normalized spacial score (nSPS) is 33.0. The van der Waals surface area contributed by atoms with E-state index >= 15 is 0 Å². The summed E-state index contributed by atoms with van der Waals surface area (Å²) >= 11 is 0. The molecule has 1 heterocycles. The molecule has 0 spiro atoms. The Kier molecular flexibility index (Phi) is 4.54. The van der Waals surface area contributed by atoms with Crippen LogP contribution in [-0.4, -0.2) is 46.4 Å². The molecule has 1 aliphatic carbocycles. The molecular weight excluding hydrogens is 272 g/mol. The van der Waals surface area contributed by atoms with E-state index in [2.05, 4.69) is 5.32 Å². The SMILES string of the molecule is CCN1CC(C(=O)NC2(C)CCCCC2C(=O)O)CC1=O. The Balaban J connectivity index is 2.04. The average molecular weight is 296 g/mol. The lowest BCUT2D eigenvalue weighted by molar-refractivity contribution is -0.147. The number of nitrogens with one attached hydrogen (secondary N) is 1. The van der Waals surface area contributed by atoms with Gasteiger partial charge in [-0.15, -0.1) is 0 Å². The summed E-state index contributed by atoms with van der Waals surface area (Å²) in [6.07, 6.45) is 3.30. The van der Waals surface area contributed by atoms with E-state index in [4.69, 9.17) is 0 Å². The van der Waals surface area contributed by atoms with Crippen LogP contribution in [-0.2, 0) is 14.4 Å². The minimum atomic E-state index is -0.852. The van der Waals surface area contributed by atoms with Crippen LogP contribution >= 0.6 is 0 Å². The third kappa shape index (κ3) is 3.19. The van der Waals surface area contributed by atoms with Gasteiger partial charge >= 0.3 is 5.97 Å². The minimum Gasteiger partial charge on any atom is -0.481 e. The molecular formula is C15H24N2O4. The van der Waals surface area contributed by atoms with Crippen LogP contribution in [0.15, 0.2) is 0 Å². The summed E-state index contributed by atoms with van der Waals surface area (Å²) in [6.45, 7) is 4.75. The van der Waals surface area contributed by atoms with Crippen molar-refractivity contribution in [3.05, 3.63) is 0 Å². The zero-order valence-electron chi connectivity index (χ0n) is 12.7. The number of rotatable bonds is 4. The van der Waals surface area contributed by atoms with Crippen LogP contribution in [0.1, 0.15) is 46.0 Å². The molecule has 0 aromatic carbocycles. The van der Waals surface area contributed by atoms with Crippen LogP contribution in [0, 0.1) is 11.8 Å². The number of carboxylic acids is 1. The zero-order valence-corrected chi connectivity index (χ0v) is 12.7. The lowest BCUT2D eigenvalue weighted by Crippen LogP contribution is -2.56. The molecule has 2 N–H and O–H groups in total. The van der Waals surface area contributed by atoms with Gasteiger partial charge in [0.2, 0.25) is 11.8 Å². The van der Waals surface area contributed by atoms with Gasteiger partial charge in [0.15, 0.2) is 0 Å². The quantitative estimate of drug-likeness (QED) is 0.810. The number of likely N-dealkylation sites (tertiary alicyclic amines) is 1. The molecule has 0 radical (unpaired) electrons. The molecule has 2 fully saturated rings. The van der Waals surface area contributed by atoms with Gasteiger partial charge in [-0.2, -0.15) is 0 Å². The summed E-state index contributed by atoms with van der Waals surface area (Å²) in [7, 11) is 0. The zero-order chi connectivity index (χ0) is 15.6. The lowest BCUT2D eigenvalue weighted by Gasteiger charge is -2.40. The molecule has 0 aromatic heterocycles. The lowest BCUT2D eigenvalue weighted by atomic mass is 9.73. The van der Waals surface area contributed by atoms with E-state index < -0.39 is 17.4 Å². The monoisotopic (exact) mass is 296 g/mol. The Bertz CT molecular complexity index is 451. The maximum atomic E-state index is 12.4. The second kappa shape index (κ2) is 6.03. The predicted molar refractivity (Wildman–Crippen MR) is 76.5 cm³/mol. The van der Waals surface area contributed by atoms with Gasteiger partial charge in [-0.1, -0.05) is 12.8 Å². The Morgan fingerprint density at radius 2 is 2.14 bits per heavy atom. The Hall–Kier alpha value is -1.59. The molecule has 0 bridgehead atoms. The summed E-state index contributed by atoms with van der Waals surface area (Å²) in [5, 5.41) is 12.3.